The van der Waals surface area contributed by atoms with Crippen molar-refractivity contribution in [1.29, 1.82) is 0 Å². The second kappa shape index (κ2) is 6.74. The van der Waals surface area contributed by atoms with Crippen molar-refractivity contribution in [1.82, 2.24) is 0 Å². The Kier molecular flexibility index (Phi) is 4.77. The maximum absolute atomic E-state index is 10.5. The third-order valence-electron chi connectivity index (χ3n) is 3.05. The van der Waals surface area contributed by atoms with E-state index in [0.717, 1.165) is 16.9 Å². The summed E-state index contributed by atoms with van der Waals surface area (Å²) >= 11 is 0. The van der Waals surface area contributed by atoms with E-state index in [0.29, 0.717) is 19.0 Å². The van der Waals surface area contributed by atoms with Gasteiger partial charge in [-0.1, -0.05) is 18.2 Å². The summed E-state index contributed by atoms with van der Waals surface area (Å²) in [4.78, 5) is 10.1. The van der Waals surface area contributed by atoms with E-state index in [1.54, 1.807) is 12.1 Å². The van der Waals surface area contributed by atoms with Crippen LogP contribution >= 0.6 is 0 Å². The second-order valence-corrected chi connectivity index (χ2v) is 4.67. The average molecular weight is 287 g/mol. The number of hydrogen-bond acceptors (Lipinski definition) is 4. The van der Waals surface area contributed by atoms with Gasteiger partial charge in [0.1, 0.15) is 24.7 Å². The van der Waals surface area contributed by atoms with Crippen molar-refractivity contribution in [2.45, 2.75) is 13.8 Å². The predicted molar refractivity (Wildman–Crippen MR) is 80.0 cm³/mol. The number of nitrogens with zero attached hydrogens (tertiary/aromatic N) is 1. The second-order valence-electron chi connectivity index (χ2n) is 4.67. The lowest BCUT2D eigenvalue weighted by molar-refractivity contribution is -0.384. The van der Waals surface area contributed by atoms with Gasteiger partial charge in [-0.25, -0.2) is 0 Å². The van der Waals surface area contributed by atoms with E-state index in [9.17, 15) is 10.1 Å². The number of nitro benzene ring substituents is 1. The third kappa shape index (κ3) is 3.95. The molecule has 0 aromatic heterocycles. The van der Waals surface area contributed by atoms with Crippen LogP contribution in [-0.4, -0.2) is 18.1 Å². The quantitative estimate of drug-likeness (QED) is 0.462. The summed E-state index contributed by atoms with van der Waals surface area (Å²) in [7, 11) is 0. The third-order valence-corrected chi connectivity index (χ3v) is 3.05. The maximum Gasteiger partial charge on any atom is 0.269 e. The molecule has 2 aromatic carbocycles. The number of benzene rings is 2. The van der Waals surface area contributed by atoms with Crippen LogP contribution in [0.2, 0.25) is 0 Å². The van der Waals surface area contributed by atoms with Crippen molar-refractivity contribution in [2.24, 2.45) is 0 Å². The Morgan fingerprint density at radius 3 is 2.10 bits per heavy atom. The topological polar surface area (TPSA) is 61.6 Å². The zero-order chi connectivity index (χ0) is 15.2. The molecule has 0 aliphatic rings. The first-order valence-corrected chi connectivity index (χ1v) is 6.64. The van der Waals surface area contributed by atoms with Crippen LogP contribution in [0, 0.1) is 24.0 Å². The lowest BCUT2D eigenvalue weighted by atomic mass is 10.1. The fourth-order valence-electron chi connectivity index (χ4n) is 1.99. The molecule has 0 saturated carbocycles. The van der Waals surface area contributed by atoms with Crippen molar-refractivity contribution < 1.29 is 14.4 Å². The van der Waals surface area contributed by atoms with Gasteiger partial charge >= 0.3 is 0 Å². The Morgan fingerprint density at radius 2 is 1.52 bits per heavy atom. The van der Waals surface area contributed by atoms with Crippen LogP contribution in [0.4, 0.5) is 5.69 Å². The summed E-state index contributed by atoms with van der Waals surface area (Å²) < 4.78 is 11.2. The molecule has 0 heterocycles. The van der Waals surface area contributed by atoms with E-state index in [2.05, 4.69) is 0 Å². The Bertz CT molecular complexity index is 602. The van der Waals surface area contributed by atoms with Gasteiger partial charge in [0.25, 0.3) is 5.69 Å². The van der Waals surface area contributed by atoms with E-state index in [-0.39, 0.29) is 5.69 Å². The molecule has 0 amide bonds. The maximum atomic E-state index is 10.5. The largest absolute Gasteiger partial charge is 0.490 e. The number of non-ortho nitro benzene ring substituents is 1. The van der Waals surface area contributed by atoms with Crippen molar-refractivity contribution in [3.05, 3.63) is 63.7 Å². The molecule has 0 aliphatic carbocycles. The molecular formula is C16H17NO4. The SMILES string of the molecule is Cc1cccc(C)c1OCCOc1ccc([N+](=O)[O-])cc1. The molecule has 0 radical (unpaired) electrons. The highest BCUT2D eigenvalue weighted by Crippen LogP contribution is 2.22. The molecule has 2 aromatic rings. The van der Waals surface area contributed by atoms with Crippen LogP contribution in [0.3, 0.4) is 0 Å². The van der Waals surface area contributed by atoms with Crippen LogP contribution in [-0.2, 0) is 0 Å². The van der Waals surface area contributed by atoms with Gasteiger partial charge in [0.05, 0.1) is 4.92 Å². The highest BCUT2D eigenvalue weighted by Gasteiger charge is 2.05. The van der Waals surface area contributed by atoms with E-state index in [1.807, 2.05) is 32.0 Å². The molecule has 2 rings (SSSR count). The zero-order valence-corrected chi connectivity index (χ0v) is 12.0. The van der Waals surface area contributed by atoms with Gasteiger partial charge in [-0.15, -0.1) is 0 Å². The average Bonchev–Trinajstić information content (AvgIpc) is 2.46. The molecule has 5 nitrogen and oxygen atoms in total. The minimum atomic E-state index is -0.437. The summed E-state index contributed by atoms with van der Waals surface area (Å²) in [6.45, 7) is 4.80. The van der Waals surface area contributed by atoms with Crippen LogP contribution < -0.4 is 9.47 Å². The summed E-state index contributed by atoms with van der Waals surface area (Å²) in [5, 5.41) is 10.5. The van der Waals surface area contributed by atoms with Gasteiger partial charge in [-0.3, -0.25) is 10.1 Å². The van der Waals surface area contributed by atoms with Gasteiger partial charge in [0.2, 0.25) is 0 Å². The highest BCUT2D eigenvalue weighted by atomic mass is 16.6. The molecule has 0 fully saturated rings. The van der Waals surface area contributed by atoms with Crippen molar-refractivity contribution >= 4 is 5.69 Å². The molecule has 0 spiro atoms. The van der Waals surface area contributed by atoms with E-state index in [1.165, 1.54) is 12.1 Å². The normalized spacial score (nSPS) is 10.2. The molecule has 0 saturated heterocycles. The number of aryl methyl sites for hydroxylation is 2. The molecule has 110 valence electrons. The predicted octanol–water partition coefficient (Wildman–Crippen LogP) is 3.67. The summed E-state index contributed by atoms with van der Waals surface area (Å²) in [6.07, 6.45) is 0. The first kappa shape index (κ1) is 14.8. The van der Waals surface area contributed by atoms with E-state index in [4.69, 9.17) is 9.47 Å². The molecule has 21 heavy (non-hydrogen) atoms. The molecule has 0 unspecified atom stereocenters. The number of ether oxygens (including phenoxy) is 2. The van der Waals surface area contributed by atoms with Gasteiger partial charge < -0.3 is 9.47 Å². The molecule has 5 heteroatoms. The summed E-state index contributed by atoms with van der Waals surface area (Å²) in [5.74, 6) is 1.47. The Balaban J connectivity index is 1.83. The number of para-hydroxylation sites is 1. The standard InChI is InChI=1S/C16H17NO4/c1-12-4-3-5-13(2)16(12)21-11-10-20-15-8-6-14(7-9-15)17(18)19/h3-9H,10-11H2,1-2H3. The monoisotopic (exact) mass is 287 g/mol. The molecule has 0 aliphatic heterocycles. The van der Waals surface area contributed by atoms with Crippen LogP contribution in [0.1, 0.15) is 11.1 Å². The van der Waals surface area contributed by atoms with Crippen molar-refractivity contribution in [3.63, 3.8) is 0 Å². The van der Waals surface area contributed by atoms with Gasteiger partial charge in [0.15, 0.2) is 0 Å². The first-order chi connectivity index (χ1) is 10.1. The van der Waals surface area contributed by atoms with E-state index < -0.39 is 4.92 Å². The first-order valence-electron chi connectivity index (χ1n) is 6.64. The minimum Gasteiger partial charge on any atom is -0.490 e. The van der Waals surface area contributed by atoms with Gasteiger partial charge in [0, 0.05) is 12.1 Å². The molecule has 0 N–H and O–H groups in total. The number of rotatable bonds is 6. The fourth-order valence-corrected chi connectivity index (χ4v) is 1.99. The number of hydrogen-bond donors (Lipinski definition) is 0. The lowest BCUT2D eigenvalue weighted by Gasteiger charge is -2.12. The summed E-state index contributed by atoms with van der Waals surface area (Å²) in [6, 6.07) is 12.0. The van der Waals surface area contributed by atoms with Crippen molar-refractivity contribution in [3.8, 4) is 11.5 Å². The van der Waals surface area contributed by atoms with E-state index >= 15 is 0 Å². The van der Waals surface area contributed by atoms with Gasteiger partial charge in [-0.2, -0.15) is 0 Å². The smallest absolute Gasteiger partial charge is 0.269 e. The Hall–Kier alpha value is -2.56. The van der Waals surface area contributed by atoms with Gasteiger partial charge in [-0.05, 0) is 37.1 Å². The Morgan fingerprint density at radius 1 is 0.952 bits per heavy atom. The summed E-state index contributed by atoms with van der Waals surface area (Å²) in [5.41, 5.74) is 2.23. The van der Waals surface area contributed by atoms with Crippen LogP contribution in [0.5, 0.6) is 11.5 Å². The molecular weight excluding hydrogens is 270 g/mol. The molecule has 0 bridgehead atoms. The number of nitro groups is 1. The lowest BCUT2D eigenvalue weighted by Crippen LogP contribution is -2.10. The fraction of sp³-hybridized carbons (Fsp3) is 0.250. The van der Waals surface area contributed by atoms with Crippen LogP contribution in [0.25, 0.3) is 0 Å². The van der Waals surface area contributed by atoms with Crippen molar-refractivity contribution in [2.75, 3.05) is 13.2 Å². The van der Waals surface area contributed by atoms with Crippen LogP contribution in [0.15, 0.2) is 42.5 Å². The minimum absolute atomic E-state index is 0.0501. The Labute approximate surface area is 123 Å². The highest BCUT2D eigenvalue weighted by molar-refractivity contribution is 5.39. The molecule has 0 atom stereocenters. The zero-order valence-electron chi connectivity index (χ0n) is 12.0.